The number of nitrogens with zero attached hydrogens (tertiary/aromatic N) is 6. The summed E-state index contributed by atoms with van der Waals surface area (Å²) < 4.78 is 9.83. The van der Waals surface area contributed by atoms with E-state index in [4.69, 9.17) is 4.74 Å². The smallest absolute Gasteiger partial charge is 0.203 e. The summed E-state index contributed by atoms with van der Waals surface area (Å²) in [5.41, 5.74) is 1.80. The van der Waals surface area contributed by atoms with Crippen molar-refractivity contribution >= 4 is 11.5 Å². The van der Waals surface area contributed by atoms with Crippen molar-refractivity contribution < 1.29 is 4.74 Å². The lowest BCUT2D eigenvalue weighted by Gasteiger charge is -2.22. The van der Waals surface area contributed by atoms with Crippen LogP contribution in [0.25, 0.3) is 5.65 Å². The van der Waals surface area contributed by atoms with Gasteiger partial charge in [0.2, 0.25) is 5.65 Å². The first-order valence-electron chi connectivity index (χ1n) is 7.80. The lowest BCUT2D eigenvalue weighted by atomic mass is 10.1. The fourth-order valence-corrected chi connectivity index (χ4v) is 3.05. The molecule has 0 aliphatic carbocycles. The molecule has 0 radical (unpaired) electrons. The summed E-state index contributed by atoms with van der Waals surface area (Å²) in [5.74, 6) is 0.723. The molecule has 1 N–H and O–H groups in total. The van der Waals surface area contributed by atoms with Crippen LogP contribution in [0.15, 0.2) is 31.0 Å². The SMILES string of the molecule is CC(C)n1nccc1[C@H]1OCC[C@@H]1Nc1nccn2cnnc12. The third-order valence-electron chi connectivity index (χ3n) is 4.11. The summed E-state index contributed by atoms with van der Waals surface area (Å²) in [7, 11) is 0. The Kier molecular flexibility index (Phi) is 3.45. The Hall–Kier alpha value is -2.48. The summed E-state index contributed by atoms with van der Waals surface area (Å²) >= 11 is 0. The molecular weight excluding hydrogens is 294 g/mol. The Morgan fingerprint density at radius 1 is 1.35 bits per heavy atom. The van der Waals surface area contributed by atoms with Gasteiger partial charge in [0.15, 0.2) is 5.82 Å². The highest BCUT2D eigenvalue weighted by Gasteiger charge is 2.33. The summed E-state index contributed by atoms with van der Waals surface area (Å²) in [4.78, 5) is 4.40. The second-order valence-corrected chi connectivity index (χ2v) is 5.96. The maximum atomic E-state index is 5.97. The second-order valence-electron chi connectivity index (χ2n) is 5.96. The molecule has 0 unspecified atom stereocenters. The van der Waals surface area contributed by atoms with E-state index in [1.165, 1.54) is 0 Å². The van der Waals surface area contributed by atoms with Crippen LogP contribution in [0.5, 0.6) is 0 Å². The molecule has 1 aliphatic heterocycles. The van der Waals surface area contributed by atoms with Crippen molar-refractivity contribution in [1.82, 2.24) is 29.4 Å². The molecule has 4 rings (SSSR count). The van der Waals surface area contributed by atoms with Crippen molar-refractivity contribution in [1.29, 1.82) is 0 Å². The Labute approximate surface area is 133 Å². The highest BCUT2D eigenvalue weighted by Crippen LogP contribution is 2.32. The van der Waals surface area contributed by atoms with Gasteiger partial charge in [0.05, 0.1) is 11.7 Å². The van der Waals surface area contributed by atoms with Gasteiger partial charge in [-0.3, -0.25) is 9.08 Å². The first-order chi connectivity index (χ1) is 11.2. The van der Waals surface area contributed by atoms with E-state index in [1.807, 2.05) is 27.5 Å². The van der Waals surface area contributed by atoms with Gasteiger partial charge in [-0.1, -0.05) is 0 Å². The van der Waals surface area contributed by atoms with E-state index in [9.17, 15) is 0 Å². The van der Waals surface area contributed by atoms with Gasteiger partial charge in [-0.25, -0.2) is 4.98 Å². The van der Waals surface area contributed by atoms with E-state index >= 15 is 0 Å². The van der Waals surface area contributed by atoms with Gasteiger partial charge in [0, 0.05) is 31.2 Å². The first kappa shape index (κ1) is 14.1. The maximum absolute atomic E-state index is 5.97. The van der Waals surface area contributed by atoms with E-state index < -0.39 is 0 Å². The summed E-state index contributed by atoms with van der Waals surface area (Å²) in [6.45, 7) is 4.94. The molecule has 8 nitrogen and oxygen atoms in total. The lowest BCUT2D eigenvalue weighted by Crippen LogP contribution is -2.26. The molecule has 1 saturated heterocycles. The molecule has 8 heteroatoms. The molecule has 4 heterocycles. The Morgan fingerprint density at radius 2 is 2.26 bits per heavy atom. The fraction of sp³-hybridized carbons (Fsp3) is 0.467. The van der Waals surface area contributed by atoms with Crippen LogP contribution in [-0.4, -0.2) is 42.0 Å². The molecule has 120 valence electrons. The molecule has 3 aromatic heterocycles. The summed E-state index contributed by atoms with van der Waals surface area (Å²) in [5, 5.41) is 15.9. The van der Waals surface area contributed by atoms with Crippen LogP contribution >= 0.6 is 0 Å². The highest BCUT2D eigenvalue weighted by atomic mass is 16.5. The fourth-order valence-electron chi connectivity index (χ4n) is 3.05. The number of nitrogens with one attached hydrogen (secondary N) is 1. The van der Waals surface area contributed by atoms with Crippen LogP contribution in [0.2, 0.25) is 0 Å². The van der Waals surface area contributed by atoms with Gasteiger partial charge in [-0.05, 0) is 26.3 Å². The summed E-state index contributed by atoms with van der Waals surface area (Å²) in [6.07, 6.45) is 7.92. The summed E-state index contributed by atoms with van der Waals surface area (Å²) in [6, 6.07) is 2.44. The average Bonchev–Trinajstić information content (AvgIpc) is 3.27. The minimum atomic E-state index is -0.0510. The number of fused-ring (bicyclic) bond motifs is 1. The van der Waals surface area contributed by atoms with Crippen LogP contribution in [0.3, 0.4) is 0 Å². The molecule has 3 aromatic rings. The van der Waals surface area contributed by atoms with Crippen LogP contribution < -0.4 is 5.32 Å². The number of rotatable bonds is 4. The molecule has 1 fully saturated rings. The van der Waals surface area contributed by atoms with Crippen molar-refractivity contribution in [2.45, 2.75) is 38.5 Å². The molecule has 0 saturated carbocycles. The molecule has 0 bridgehead atoms. The van der Waals surface area contributed by atoms with Crippen LogP contribution in [0.4, 0.5) is 5.82 Å². The second kappa shape index (κ2) is 5.62. The van der Waals surface area contributed by atoms with E-state index in [-0.39, 0.29) is 12.1 Å². The van der Waals surface area contributed by atoms with E-state index in [1.54, 1.807) is 12.5 Å². The van der Waals surface area contributed by atoms with Gasteiger partial charge >= 0.3 is 0 Å². The van der Waals surface area contributed by atoms with Gasteiger partial charge < -0.3 is 10.1 Å². The highest BCUT2D eigenvalue weighted by molar-refractivity contribution is 5.62. The topological polar surface area (TPSA) is 82.2 Å². The normalized spacial score (nSPS) is 21.3. The number of hydrogen-bond acceptors (Lipinski definition) is 6. The van der Waals surface area contributed by atoms with Gasteiger partial charge in [0.25, 0.3) is 0 Å². The molecule has 1 aliphatic rings. The molecule has 0 aromatic carbocycles. The number of aromatic nitrogens is 6. The molecule has 2 atom stereocenters. The number of hydrogen-bond donors (Lipinski definition) is 1. The predicted octanol–water partition coefficient (Wildman–Crippen LogP) is 1.84. The van der Waals surface area contributed by atoms with E-state index in [0.29, 0.717) is 12.6 Å². The van der Waals surface area contributed by atoms with E-state index in [2.05, 4.69) is 39.4 Å². The van der Waals surface area contributed by atoms with Gasteiger partial charge in [-0.2, -0.15) is 5.10 Å². The average molecular weight is 313 g/mol. The molecular formula is C15H19N7O. The van der Waals surface area contributed by atoms with Crippen molar-refractivity contribution in [3.63, 3.8) is 0 Å². The van der Waals surface area contributed by atoms with Crippen molar-refractivity contribution in [2.24, 2.45) is 0 Å². The lowest BCUT2D eigenvalue weighted by molar-refractivity contribution is 0.0988. The van der Waals surface area contributed by atoms with Gasteiger partial charge in [0.1, 0.15) is 12.4 Å². The maximum Gasteiger partial charge on any atom is 0.203 e. The van der Waals surface area contributed by atoms with Crippen molar-refractivity contribution in [3.05, 3.63) is 36.7 Å². The van der Waals surface area contributed by atoms with Crippen molar-refractivity contribution in [2.75, 3.05) is 11.9 Å². The van der Waals surface area contributed by atoms with Crippen LogP contribution in [-0.2, 0) is 4.74 Å². The number of ether oxygens (including phenoxy) is 1. The zero-order valence-corrected chi connectivity index (χ0v) is 13.1. The standard InChI is InChI=1S/C15H19N7O/c1-10(2)22-12(3-5-18-22)13-11(4-8-23-13)19-14-15-20-17-9-21(15)7-6-16-14/h3,5-7,9-11,13H,4,8H2,1-2H3,(H,16,19)/t11-,13-/m0/s1. The van der Waals surface area contributed by atoms with Crippen LogP contribution in [0.1, 0.15) is 38.1 Å². The minimum Gasteiger partial charge on any atom is -0.370 e. The molecule has 0 amide bonds. The Balaban J connectivity index is 1.63. The monoisotopic (exact) mass is 313 g/mol. The van der Waals surface area contributed by atoms with Gasteiger partial charge in [-0.15, -0.1) is 10.2 Å². The van der Waals surface area contributed by atoms with Crippen LogP contribution in [0, 0.1) is 0 Å². The molecule has 23 heavy (non-hydrogen) atoms. The third kappa shape index (κ3) is 2.44. The predicted molar refractivity (Wildman–Crippen MR) is 84.1 cm³/mol. The molecule has 0 spiro atoms. The Bertz CT molecular complexity index is 809. The zero-order chi connectivity index (χ0) is 15.8. The number of anilines is 1. The largest absolute Gasteiger partial charge is 0.370 e. The zero-order valence-electron chi connectivity index (χ0n) is 13.1. The Morgan fingerprint density at radius 3 is 3.13 bits per heavy atom. The first-order valence-corrected chi connectivity index (χ1v) is 7.80. The third-order valence-corrected chi connectivity index (χ3v) is 4.11. The van der Waals surface area contributed by atoms with Crippen molar-refractivity contribution in [3.8, 4) is 0 Å². The van der Waals surface area contributed by atoms with E-state index in [0.717, 1.165) is 23.6 Å². The quantitative estimate of drug-likeness (QED) is 0.791. The minimum absolute atomic E-state index is 0.0510.